The van der Waals surface area contributed by atoms with E-state index in [1.165, 1.54) is 6.92 Å². The Morgan fingerprint density at radius 1 is 1.11 bits per heavy atom. The lowest BCUT2D eigenvalue weighted by atomic mass is 9.81. The lowest BCUT2D eigenvalue weighted by molar-refractivity contribution is -0.143. The topological polar surface area (TPSA) is 88.4 Å². The van der Waals surface area contributed by atoms with E-state index in [1.807, 2.05) is 35.8 Å². The lowest BCUT2D eigenvalue weighted by Gasteiger charge is -2.42. The van der Waals surface area contributed by atoms with Gasteiger partial charge in [0.25, 0.3) is 0 Å². The molecule has 0 aromatic heterocycles. The van der Waals surface area contributed by atoms with Crippen molar-refractivity contribution in [1.29, 1.82) is 0 Å². The number of hydrogen-bond donors (Lipinski definition) is 4. The minimum Gasteiger partial charge on any atom is -0.372 e. The number of nitrogens with two attached hydrogens (primary N) is 1. The van der Waals surface area contributed by atoms with Gasteiger partial charge in [0.1, 0.15) is 0 Å². The highest BCUT2D eigenvalue weighted by Crippen LogP contribution is 2.39. The van der Waals surface area contributed by atoms with Gasteiger partial charge in [-0.05, 0) is 49.1 Å². The normalized spacial score (nSPS) is 21.9. The number of benzene rings is 2. The number of hydrogen-bond acceptors (Lipinski definition) is 4. The molecular formula is C23H26F6N4O2. The van der Waals surface area contributed by atoms with Crippen LogP contribution in [0.3, 0.4) is 0 Å². The quantitative estimate of drug-likeness (QED) is 0.200. The Hall–Kier alpha value is -2.83. The summed E-state index contributed by atoms with van der Waals surface area (Å²) in [6, 6.07) is 9.83. The zero-order chi connectivity index (χ0) is 25.9. The van der Waals surface area contributed by atoms with Gasteiger partial charge in [0.2, 0.25) is 0 Å². The van der Waals surface area contributed by atoms with Crippen LogP contribution in [0.1, 0.15) is 48.1 Å². The molecule has 1 aliphatic heterocycles. The van der Waals surface area contributed by atoms with Crippen LogP contribution in [0.25, 0.3) is 0 Å². The molecule has 1 saturated heterocycles. The molecule has 3 rings (SSSR count). The van der Waals surface area contributed by atoms with Gasteiger partial charge in [-0.15, -0.1) is 0 Å². The van der Waals surface area contributed by atoms with Crippen LogP contribution in [0.4, 0.5) is 31.1 Å². The summed E-state index contributed by atoms with van der Waals surface area (Å²) < 4.78 is 85.4. The number of rotatable bonds is 6. The Balaban J connectivity index is 1.83. The maximum atomic E-state index is 13.3. The Morgan fingerprint density at radius 2 is 1.71 bits per heavy atom. The number of alkyl halides is 6. The Labute approximate surface area is 198 Å². The van der Waals surface area contributed by atoms with Crippen molar-refractivity contribution in [3.63, 3.8) is 0 Å². The monoisotopic (exact) mass is 504 g/mol. The van der Waals surface area contributed by atoms with E-state index in [0.29, 0.717) is 31.5 Å². The van der Waals surface area contributed by atoms with Crippen LogP contribution in [-0.4, -0.2) is 25.2 Å². The smallest absolute Gasteiger partial charge is 0.372 e. The van der Waals surface area contributed by atoms with Gasteiger partial charge in [-0.25, -0.2) is 10.6 Å². The minimum absolute atomic E-state index is 0.0222. The highest BCUT2D eigenvalue weighted by molar-refractivity contribution is 5.73. The molecule has 0 aliphatic carbocycles. The van der Waals surface area contributed by atoms with E-state index in [9.17, 15) is 31.1 Å². The van der Waals surface area contributed by atoms with Crippen LogP contribution >= 0.6 is 0 Å². The van der Waals surface area contributed by atoms with Crippen molar-refractivity contribution in [1.82, 2.24) is 16.1 Å². The number of ether oxygens (including phenoxy) is 1. The molecule has 2 aromatic carbocycles. The van der Waals surface area contributed by atoms with Crippen molar-refractivity contribution in [2.24, 2.45) is 5.84 Å². The Morgan fingerprint density at radius 3 is 2.20 bits per heavy atom. The van der Waals surface area contributed by atoms with Crippen molar-refractivity contribution in [2.45, 2.75) is 49.8 Å². The van der Waals surface area contributed by atoms with E-state index in [4.69, 9.17) is 10.6 Å². The standard InChI is InChI=1S/C23H26F6N4O2/c1-14(15-9-17(22(24,25)26)11-18(10-15)23(27,28)29)35-13-21(16-5-3-2-4-6-16)8-7-19(12-31-21)32-20(34)33-30/h2-6,9-11,14,19,31H,7-8,12-13,30H2,1H3,(H2,32,33,34)/t14?,19?,21-/m1/s1. The zero-order valence-corrected chi connectivity index (χ0v) is 18.8. The number of halogens is 6. The van der Waals surface area contributed by atoms with Gasteiger partial charge in [0.05, 0.1) is 29.4 Å². The van der Waals surface area contributed by atoms with Crippen molar-refractivity contribution in [3.8, 4) is 0 Å². The third kappa shape index (κ3) is 6.65. The third-order valence-electron chi connectivity index (χ3n) is 6.06. The molecule has 0 radical (unpaired) electrons. The molecule has 35 heavy (non-hydrogen) atoms. The first-order valence-corrected chi connectivity index (χ1v) is 10.8. The molecule has 192 valence electrons. The van der Waals surface area contributed by atoms with Gasteiger partial charge in [-0.2, -0.15) is 26.3 Å². The maximum Gasteiger partial charge on any atom is 0.416 e. The summed E-state index contributed by atoms with van der Waals surface area (Å²) in [6.07, 6.45) is -9.92. The second kappa shape index (κ2) is 10.4. The van der Waals surface area contributed by atoms with E-state index in [2.05, 4.69) is 10.6 Å². The molecule has 6 nitrogen and oxygen atoms in total. The molecular weight excluding hydrogens is 478 g/mol. The molecule has 0 spiro atoms. The van der Waals surface area contributed by atoms with E-state index < -0.39 is 41.2 Å². The number of amides is 2. The van der Waals surface area contributed by atoms with Crippen molar-refractivity contribution < 1.29 is 35.9 Å². The van der Waals surface area contributed by atoms with Crippen molar-refractivity contribution in [2.75, 3.05) is 13.2 Å². The summed E-state index contributed by atoms with van der Waals surface area (Å²) in [5.41, 5.74) is -0.942. The molecule has 12 heteroatoms. The van der Waals surface area contributed by atoms with E-state index in [1.54, 1.807) is 0 Å². The average Bonchev–Trinajstić information content (AvgIpc) is 2.82. The first kappa shape index (κ1) is 26.8. The van der Waals surface area contributed by atoms with Crippen LogP contribution in [-0.2, 0) is 22.6 Å². The Bertz CT molecular complexity index is 973. The van der Waals surface area contributed by atoms with Crippen LogP contribution in [0.15, 0.2) is 48.5 Å². The van der Waals surface area contributed by atoms with Crippen molar-refractivity contribution in [3.05, 3.63) is 70.8 Å². The van der Waals surface area contributed by atoms with Crippen LogP contribution < -0.4 is 21.9 Å². The number of urea groups is 1. The van der Waals surface area contributed by atoms with Crippen LogP contribution in [0.5, 0.6) is 0 Å². The van der Waals surface area contributed by atoms with Crippen molar-refractivity contribution >= 4 is 6.03 Å². The number of nitrogens with one attached hydrogen (secondary N) is 3. The minimum atomic E-state index is -4.94. The van der Waals surface area contributed by atoms with Gasteiger partial charge < -0.3 is 15.4 Å². The van der Waals surface area contributed by atoms with Gasteiger partial charge in [-0.3, -0.25) is 5.43 Å². The largest absolute Gasteiger partial charge is 0.416 e. The van der Waals surface area contributed by atoms with Gasteiger partial charge in [0.15, 0.2) is 0 Å². The first-order valence-electron chi connectivity index (χ1n) is 10.8. The second-order valence-corrected chi connectivity index (χ2v) is 8.47. The third-order valence-corrected chi connectivity index (χ3v) is 6.06. The summed E-state index contributed by atoms with van der Waals surface area (Å²) in [5.74, 6) is 5.10. The Kier molecular flexibility index (Phi) is 7.97. The summed E-state index contributed by atoms with van der Waals surface area (Å²) in [7, 11) is 0. The molecule has 1 aliphatic rings. The average molecular weight is 504 g/mol. The lowest BCUT2D eigenvalue weighted by Crippen LogP contribution is -2.58. The fourth-order valence-electron chi connectivity index (χ4n) is 4.07. The molecule has 5 N–H and O–H groups in total. The number of hydrazine groups is 1. The maximum absolute atomic E-state index is 13.3. The molecule has 1 heterocycles. The molecule has 0 saturated carbocycles. The van der Waals surface area contributed by atoms with Crippen LogP contribution in [0, 0.1) is 0 Å². The number of piperidine rings is 1. The van der Waals surface area contributed by atoms with E-state index in [-0.39, 0.29) is 24.3 Å². The summed E-state index contributed by atoms with van der Waals surface area (Å²) >= 11 is 0. The van der Waals surface area contributed by atoms with Gasteiger partial charge >= 0.3 is 18.4 Å². The first-order chi connectivity index (χ1) is 16.3. The van der Waals surface area contributed by atoms with E-state index >= 15 is 0 Å². The highest BCUT2D eigenvalue weighted by Gasteiger charge is 2.39. The molecule has 2 aromatic rings. The zero-order valence-electron chi connectivity index (χ0n) is 18.8. The molecule has 0 bridgehead atoms. The fraction of sp³-hybridized carbons (Fsp3) is 0.435. The van der Waals surface area contributed by atoms with Crippen LogP contribution in [0.2, 0.25) is 0 Å². The predicted molar refractivity (Wildman–Crippen MR) is 116 cm³/mol. The predicted octanol–water partition coefficient (Wildman–Crippen LogP) is 4.62. The van der Waals surface area contributed by atoms with Gasteiger partial charge in [-0.1, -0.05) is 30.3 Å². The highest BCUT2D eigenvalue weighted by atomic mass is 19.4. The summed E-state index contributed by atoms with van der Waals surface area (Å²) in [5, 5.41) is 6.04. The van der Waals surface area contributed by atoms with Gasteiger partial charge in [0, 0.05) is 12.6 Å². The summed E-state index contributed by atoms with van der Waals surface area (Å²) in [6.45, 7) is 1.74. The second-order valence-electron chi connectivity index (χ2n) is 8.47. The number of carbonyl (C=O) groups is 1. The summed E-state index contributed by atoms with van der Waals surface area (Å²) in [4.78, 5) is 11.5. The molecule has 2 amide bonds. The molecule has 1 fully saturated rings. The molecule has 3 atom stereocenters. The molecule has 2 unspecified atom stereocenters. The van der Waals surface area contributed by atoms with E-state index in [0.717, 1.165) is 5.56 Å². The fourth-order valence-corrected chi connectivity index (χ4v) is 4.07. The SMILES string of the molecule is CC(OC[C@@]1(c2ccccc2)CCC(NC(=O)NN)CN1)c1cc(C(F)(F)F)cc(C(F)(F)F)c1. The number of carbonyl (C=O) groups excluding carboxylic acids is 1.